The first-order valence-electron chi connectivity index (χ1n) is 7.88. The molecule has 1 aromatic rings. The minimum absolute atomic E-state index is 0.0315. The third-order valence-corrected chi connectivity index (χ3v) is 3.73. The maximum atomic E-state index is 10.7. The third-order valence-electron chi connectivity index (χ3n) is 3.43. The molecule has 6 nitrogen and oxygen atoms in total. The lowest BCUT2D eigenvalue weighted by Crippen LogP contribution is -2.39. The van der Waals surface area contributed by atoms with Crippen LogP contribution in [0.4, 0.5) is 11.4 Å². The van der Waals surface area contributed by atoms with Crippen LogP contribution in [0.3, 0.4) is 0 Å². The van der Waals surface area contributed by atoms with E-state index in [9.17, 15) is 10.1 Å². The van der Waals surface area contributed by atoms with Crippen LogP contribution in [0.2, 0.25) is 0 Å². The highest BCUT2D eigenvalue weighted by Gasteiger charge is 2.14. The number of nitrogens with one attached hydrogen (secondary N) is 2. The van der Waals surface area contributed by atoms with Crippen molar-refractivity contribution in [1.82, 2.24) is 4.90 Å². The van der Waals surface area contributed by atoms with Crippen molar-refractivity contribution in [3.05, 3.63) is 34.4 Å². The van der Waals surface area contributed by atoms with Crippen LogP contribution in [0.25, 0.3) is 0 Å². The molecule has 0 atom stereocenters. The number of nitrogens with zero attached hydrogens (tertiary/aromatic N) is 2. The Bertz CT molecular complexity index is 538. The highest BCUT2D eigenvalue weighted by Crippen LogP contribution is 2.16. The van der Waals surface area contributed by atoms with Gasteiger partial charge in [0.05, 0.1) is 4.92 Å². The zero-order valence-corrected chi connectivity index (χ0v) is 14.5. The van der Waals surface area contributed by atoms with Gasteiger partial charge in [-0.05, 0) is 25.0 Å². The van der Waals surface area contributed by atoms with Gasteiger partial charge in [0, 0.05) is 30.9 Å². The van der Waals surface area contributed by atoms with Crippen molar-refractivity contribution in [2.24, 2.45) is 0 Å². The molecule has 0 fully saturated rings. The summed E-state index contributed by atoms with van der Waals surface area (Å²) >= 11 is 5.31. The van der Waals surface area contributed by atoms with Gasteiger partial charge in [0.1, 0.15) is 4.99 Å². The first-order valence-corrected chi connectivity index (χ1v) is 8.29. The van der Waals surface area contributed by atoms with E-state index in [2.05, 4.69) is 19.2 Å². The smallest absolute Gasteiger partial charge is 0.269 e. The summed E-state index contributed by atoms with van der Waals surface area (Å²) < 4.78 is 0. The Morgan fingerprint density at radius 3 is 2.17 bits per heavy atom. The highest BCUT2D eigenvalue weighted by molar-refractivity contribution is 7.82. The molecular weight excluding hydrogens is 312 g/mol. The van der Waals surface area contributed by atoms with Crippen LogP contribution in [0.15, 0.2) is 24.3 Å². The van der Waals surface area contributed by atoms with E-state index < -0.39 is 4.92 Å². The van der Waals surface area contributed by atoms with Crippen LogP contribution in [0, 0.1) is 15.5 Å². The second-order valence-electron chi connectivity index (χ2n) is 5.30. The number of amidine groups is 1. The van der Waals surface area contributed by atoms with Gasteiger partial charge in [0.15, 0.2) is 5.84 Å². The van der Waals surface area contributed by atoms with Crippen LogP contribution in [-0.2, 0) is 0 Å². The number of thiocarbonyl (C=S) groups is 1. The van der Waals surface area contributed by atoms with E-state index in [4.69, 9.17) is 17.6 Å². The summed E-state index contributed by atoms with van der Waals surface area (Å²) in [5.41, 5.74) is 0.681. The summed E-state index contributed by atoms with van der Waals surface area (Å²) in [5.74, 6) is 0.306. The predicted molar refractivity (Wildman–Crippen MR) is 98.4 cm³/mol. The number of non-ortho nitro benzene ring substituents is 1. The number of hydrogen-bond donors (Lipinski definition) is 2. The zero-order chi connectivity index (χ0) is 17.2. The summed E-state index contributed by atoms with van der Waals surface area (Å²) in [6.07, 6.45) is 4.18. The van der Waals surface area contributed by atoms with Crippen molar-refractivity contribution in [2.45, 2.75) is 39.5 Å². The fraction of sp³-hybridized carbons (Fsp3) is 0.500. The van der Waals surface area contributed by atoms with Crippen molar-refractivity contribution < 1.29 is 4.92 Å². The van der Waals surface area contributed by atoms with E-state index in [0.717, 1.165) is 38.8 Å². The van der Waals surface area contributed by atoms with Crippen LogP contribution in [0.1, 0.15) is 39.5 Å². The van der Waals surface area contributed by atoms with Gasteiger partial charge < -0.3 is 10.2 Å². The van der Waals surface area contributed by atoms with Gasteiger partial charge in [-0.2, -0.15) is 0 Å². The lowest BCUT2D eigenvalue weighted by Gasteiger charge is -2.25. The molecule has 0 radical (unpaired) electrons. The lowest BCUT2D eigenvalue weighted by molar-refractivity contribution is -0.384. The monoisotopic (exact) mass is 336 g/mol. The molecular formula is C16H24N4O2S. The van der Waals surface area contributed by atoms with E-state index in [0.29, 0.717) is 16.5 Å². The SMILES string of the molecule is CCCCN(CCCC)C(=N)C(=S)Nc1ccc([N+](=O)[O-])cc1. The standard InChI is InChI=1S/C16H24N4O2S/c1-3-5-11-19(12-6-4-2)15(17)16(23)18-13-7-9-14(10-8-13)20(21)22/h7-10,17H,3-6,11-12H2,1-2H3,(H,18,23). The van der Waals surface area contributed by atoms with Gasteiger partial charge in [-0.25, -0.2) is 0 Å². The molecule has 0 saturated carbocycles. The molecule has 0 bridgehead atoms. The highest BCUT2D eigenvalue weighted by atomic mass is 32.1. The van der Waals surface area contributed by atoms with Crippen molar-refractivity contribution in [3.8, 4) is 0 Å². The summed E-state index contributed by atoms with van der Waals surface area (Å²) in [6, 6.07) is 6.03. The molecule has 0 aliphatic heterocycles. The van der Waals surface area contributed by atoms with E-state index in [-0.39, 0.29) is 5.69 Å². The molecule has 2 N–H and O–H groups in total. The maximum absolute atomic E-state index is 10.7. The first-order chi connectivity index (χ1) is 11.0. The third kappa shape index (κ3) is 6.32. The quantitative estimate of drug-likeness (QED) is 0.244. The fourth-order valence-corrected chi connectivity index (χ4v) is 2.28. The summed E-state index contributed by atoms with van der Waals surface area (Å²) in [6.45, 7) is 5.87. The Hall–Kier alpha value is -2.02. The Morgan fingerprint density at radius 2 is 1.74 bits per heavy atom. The topological polar surface area (TPSA) is 82.3 Å². The largest absolute Gasteiger partial charge is 0.355 e. The normalized spacial score (nSPS) is 10.2. The number of unbranched alkanes of at least 4 members (excludes halogenated alkanes) is 2. The Labute approximate surface area is 142 Å². The molecule has 1 aromatic carbocycles. The van der Waals surface area contributed by atoms with Crippen molar-refractivity contribution in [1.29, 1.82) is 5.41 Å². The molecule has 0 unspecified atom stereocenters. The molecule has 0 aliphatic rings. The average molecular weight is 336 g/mol. The molecule has 0 aromatic heterocycles. The van der Waals surface area contributed by atoms with Gasteiger partial charge in [-0.3, -0.25) is 15.5 Å². The number of benzene rings is 1. The first kappa shape index (κ1) is 19.0. The lowest BCUT2D eigenvalue weighted by atomic mass is 10.2. The molecule has 23 heavy (non-hydrogen) atoms. The van der Waals surface area contributed by atoms with Crippen LogP contribution in [0.5, 0.6) is 0 Å². The van der Waals surface area contributed by atoms with Gasteiger partial charge >= 0.3 is 0 Å². The Kier molecular flexibility index (Phi) is 8.18. The predicted octanol–water partition coefficient (Wildman–Crippen LogP) is 4.21. The summed E-state index contributed by atoms with van der Waals surface area (Å²) in [7, 11) is 0. The molecule has 7 heteroatoms. The number of anilines is 1. The van der Waals surface area contributed by atoms with Crippen LogP contribution in [-0.4, -0.2) is 33.7 Å². The number of nitro groups is 1. The minimum atomic E-state index is -0.443. The number of rotatable bonds is 8. The van der Waals surface area contributed by atoms with Gasteiger partial charge in [0.25, 0.3) is 5.69 Å². The summed E-state index contributed by atoms with van der Waals surface area (Å²) in [4.78, 5) is 12.5. The number of nitro benzene ring substituents is 1. The second-order valence-corrected chi connectivity index (χ2v) is 5.71. The molecule has 126 valence electrons. The average Bonchev–Trinajstić information content (AvgIpc) is 2.55. The van der Waals surface area contributed by atoms with Gasteiger partial charge in [0.2, 0.25) is 0 Å². The van der Waals surface area contributed by atoms with E-state index in [1.807, 2.05) is 4.90 Å². The Morgan fingerprint density at radius 1 is 1.22 bits per heavy atom. The van der Waals surface area contributed by atoms with E-state index in [1.54, 1.807) is 12.1 Å². The van der Waals surface area contributed by atoms with Crippen LogP contribution >= 0.6 is 12.2 Å². The summed E-state index contributed by atoms with van der Waals surface area (Å²) in [5, 5.41) is 21.9. The van der Waals surface area contributed by atoms with E-state index in [1.165, 1.54) is 12.1 Å². The zero-order valence-electron chi connectivity index (χ0n) is 13.7. The molecule has 0 saturated heterocycles. The second kappa shape index (κ2) is 9.89. The van der Waals surface area contributed by atoms with Crippen molar-refractivity contribution in [2.75, 3.05) is 18.4 Å². The molecule has 1 rings (SSSR count). The molecule has 0 amide bonds. The fourth-order valence-electron chi connectivity index (χ4n) is 2.03. The van der Waals surface area contributed by atoms with Gasteiger partial charge in [-0.15, -0.1) is 0 Å². The van der Waals surface area contributed by atoms with Gasteiger partial charge in [-0.1, -0.05) is 38.9 Å². The molecule has 0 spiro atoms. The maximum Gasteiger partial charge on any atom is 0.269 e. The molecule has 0 heterocycles. The van der Waals surface area contributed by atoms with Crippen LogP contribution < -0.4 is 5.32 Å². The van der Waals surface area contributed by atoms with Crippen molar-refractivity contribution >= 4 is 34.4 Å². The number of hydrogen-bond acceptors (Lipinski definition) is 4. The van der Waals surface area contributed by atoms with Crippen molar-refractivity contribution in [3.63, 3.8) is 0 Å². The molecule has 0 aliphatic carbocycles. The minimum Gasteiger partial charge on any atom is -0.355 e. The Balaban J connectivity index is 2.68. The van der Waals surface area contributed by atoms with E-state index >= 15 is 0 Å².